The van der Waals surface area contributed by atoms with Crippen LogP contribution in [0.3, 0.4) is 0 Å². The standard InChI is InChI=1S/C18H20ClN3O4/c1-10(2)16-21-9-13(19)15(22-16)17(23)20-7-6-11-4-5-12(18(24)25)8-14(11)26-3/h4-5,8-10H,6-7H2,1-3H3,(H,20,23)(H,24,25). The van der Waals surface area contributed by atoms with Crippen molar-refractivity contribution in [2.24, 2.45) is 0 Å². The van der Waals surface area contributed by atoms with Crippen LogP contribution in [-0.2, 0) is 6.42 Å². The lowest BCUT2D eigenvalue weighted by Crippen LogP contribution is -2.27. The monoisotopic (exact) mass is 377 g/mol. The van der Waals surface area contributed by atoms with Gasteiger partial charge in [0.2, 0.25) is 0 Å². The highest BCUT2D eigenvalue weighted by Gasteiger charge is 2.16. The van der Waals surface area contributed by atoms with Crippen molar-refractivity contribution in [3.63, 3.8) is 0 Å². The Morgan fingerprint density at radius 1 is 1.35 bits per heavy atom. The van der Waals surface area contributed by atoms with E-state index in [1.54, 1.807) is 6.07 Å². The molecule has 0 atom stereocenters. The van der Waals surface area contributed by atoms with Gasteiger partial charge in [-0.05, 0) is 24.1 Å². The van der Waals surface area contributed by atoms with Crippen LogP contribution in [-0.4, -0.2) is 40.6 Å². The molecule has 0 saturated carbocycles. The number of carbonyl (C=O) groups is 2. The molecule has 2 N–H and O–H groups in total. The first-order chi connectivity index (χ1) is 12.3. The van der Waals surface area contributed by atoms with Gasteiger partial charge in [0.1, 0.15) is 17.3 Å². The summed E-state index contributed by atoms with van der Waals surface area (Å²) in [7, 11) is 1.47. The van der Waals surface area contributed by atoms with Crippen molar-refractivity contribution in [3.8, 4) is 5.75 Å². The van der Waals surface area contributed by atoms with Crippen LogP contribution in [0.5, 0.6) is 5.75 Å². The van der Waals surface area contributed by atoms with Crippen molar-refractivity contribution in [1.82, 2.24) is 15.3 Å². The quantitative estimate of drug-likeness (QED) is 0.769. The molecule has 0 aliphatic carbocycles. The van der Waals surface area contributed by atoms with Crippen LogP contribution in [0.1, 0.15) is 52.0 Å². The number of carbonyl (C=O) groups excluding carboxylic acids is 1. The molecule has 0 unspecified atom stereocenters. The van der Waals surface area contributed by atoms with Gasteiger partial charge in [-0.15, -0.1) is 0 Å². The third-order valence-corrected chi connectivity index (χ3v) is 3.98. The highest BCUT2D eigenvalue weighted by atomic mass is 35.5. The zero-order chi connectivity index (χ0) is 19.3. The molecule has 8 heteroatoms. The topological polar surface area (TPSA) is 101 Å². The summed E-state index contributed by atoms with van der Waals surface area (Å²) >= 11 is 6.02. The van der Waals surface area contributed by atoms with E-state index in [-0.39, 0.29) is 28.1 Å². The lowest BCUT2D eigenvalue weighted by Gasteiger charge is -2.11. The van der Waals surface area contributed by atoms with E-state index >= 15 is 0 Å². The highest BCUT2D eigenvalue weighted by molar-refractivity contribution is 6.33. The SMILES string of the molecule is COc1cc(C(=O)O)ccc1CCNC(=O)c1nc(C(C)C)ncc1Cl. The summed E-state index contributed by atoms with van der Waals surface area (Å²) in [5.74, 6) is -0.328. The number of carboxylic acids is 1. The van der Waals surface area contributed by atoms with E-state index in [1.165, 1.54) is 25.4 Å². The van der Waals surface area contributed by atoms with Crippen LogP contribution in [0.15, 0.2) is 24.4 Å². The molecule has 2 aromatic rings. The molecule has 1 amide bonds. The number of nitrogens with zero attached hydrogens (tertiary/aromatic N) is 2. The fourth-order valence-electron chi connectivity index (χ4n) is 2.30. The van der Waals surface area contributed by atoms with Gasteiger partial charge in [-0.1, -0.05) is 31.5 Å². The average Bonchev–Trinajstić information content (AvgIpc) is 2.61. The Kier molecular flexibility index (Phi) is 6.52. The maximum atomic E-state index is 12.3. The summed E-state index contributed by atoms with van der Waals surface area (Å²) < 4.78 is 5.22. The third-order valence-electron chi connectivity index (χ3n) is 3.71. The number of benzene rings is 1. The second kappa shape index (κ2) is 8.62. The van der Waals surface area contributed by atoms with Crippen LogP contribution in [0.25, 0.3) is 0 Å². The number of aromatic carboxylic acids is 1. The predicted octanol–water partition coefficient (Wildman–Crippen LogP) is 2.93. The molecule has 0 aliphatic heterocycles. The first-order valence-corrected chi connectivity index (χ1v) is 8.42. The van der Waals surface area contributed by atoms with E-state index in [0.29, 0.717) is 24.5 Å². The van der Waals surface area contributed by atoms with Crippen LogP contribution in [0, 0.1) is 0 Å². The minimum atomic E-state index is -1.03. The number of amides is 1. The minimum Gasteiger partial charge on any atom is -0.496 e. The zero-order valence-electron chi connectivity index (χ0n) is 14.7. The van der Waals surface area contributed by atoms with Gasteiger partial charge in [0.15, 0.2) is 0 Å². The van der Waals surface area contributed by atoms with Crippen molar-refractivity contribution < 1.29 is 19.4 Å². The van der Waals surface area contributed by atoms with Gasteiger partial charge in [-0.25, -0.2) is 14.8 Å². The summed E-state index contributed by atoms with van der Waals surface area (Å²) in [6.07, 6.45) is 1.89. The average molecular weight is 378 g/mol. The number of ether oxygens (including phenoxy) is 1. The fraction of sp³-hybridized carbons (Fsp3) is 0.333. The van der Waals surface area contributed by atoms with Crippen LogP contribution in [0.4, 0.5) is 0 Å². The smallest absolute Gasteiger partial charge is 0.335 e. The van der Waals surface area contributed by atoms with Crippen molar-refractivity contribution in [3.05, 3.63) is 52.1 Å². The molecule has 1 heterocycles. The number of halogens is 1. The first-order valence-electron chi connectivity index (χ1n) is 8.04. The minimum absolute atomic E-state index is 0.0795. The van der Waals surface area contributed by atoms with E-state index in [9.17, 15) is 9.59 Å². The molecule has 0 bridgehead atoms. The van der Waals surface area contributed by atoms with Gasteiger partial charge in [-0.2, -0.15) is 0 Å². The Labute approximate surface area is 156 Å². The molecular formula is C18H20ClN3O4. The van der Waals surface area contributed by atoms with E-state index in [1.807, 2.05) is 13.8 Å². The maximum Gasteiger partial charge on any atom is 0.335 e. The number of carboxylic acid groups (broad SMARTS) is 1. The van der Waals surface area contributed by atoms with Gasteiger partial charge in [0.25, 0.3) is 5.91 Å². The molecule has 0 fully saturated rings. The summed E-state index contributed by atoms with van der Waals surface area (Å²) in [4.78, 5) is 31.7. The van der Waals surface area contributed by atoms with Crippen LogP contribution >= 0.6 is 11.6 Å². The summed E-state index contributed by atoms with van der Waals surface area (Å²) in [5.41, 5.74) is 1.07. The van der Waals surface area contributed by atoms with Gasteiger partial charge in [-0.3, -0.25) is 4.79 Å². The number of hydrogen-bond acceptors (Lipinski definition) is 5. The van der Waals surface area contributed by atoms with E-state index in [4.69, 9.17) is 21.4 Å². The molecule has 26 heavy (non-hydrogen) atoms. The summed E-state index contributed by atoms with van der Waals surface area (Å²) in [6, 6.07) is 4.62. The normalized spacial score (nSPS) is 10.7. The van der Waals surface area contributed by atoms with E-state index in [2.05, 4.69) is 15.3 Å². The molecule has 0 spiro atoms. The van der Waals surface area contributed by atoms with Gasteiger partial charge in [0.05, 0.1) is 23.9 Å². The number of hydrogen-bond donors (Lipinski definition) is 2. The van der Waals surface area contributed by atoms with E-state index < -0.39 is 5.97 Å². The van der Waals surface area contributed by atoms with Gasteiger partial charge < -0.3 is 15.2 Å². The van der Waals surface area contributed by atoms with Crippen molar-refractivity contribution in [2.75, 3.05) is 13.7 Å². The second-order valence-corrected chi connectivity index (χ2v) is 6.32. The van der Waals surface area contributed by atoms with Crippen LogP contribution in [0.2, 0.25) is 5.02 Å². The van der Waals surface area contributed by atoms with Crippen molar-refractivity contribution in [1.29, 1.82) is 0 Å². The summed E-state index contributed by atoms with van der Waals surface area (Å²) in [6.45, 7) is 4.18. The summed E-state index contributed by atoms with van der Waals surface area (Å²) in [5, 5.41) is 12.0. The highest BCUT2D eigenvalue weighted by Crippen LogP contribution is 2.21. The van der Waals surface area contributed by atoms with Crippen molar-refractivity contribution in [2.45, 2.75) is 26.2 Å². The predicted molar refractivity (Wildman–Crippen MR) is 97.1 cm³/mol. The molecule has 0 saturated heterocycles. The Hall–Kier alpha value is -2.67. The molecule has 0 aliphatic rings. The largest absolute Gasteiger partial charge is 0.496 e. The Morgan fingerprint density at radius 2 is 2.08 bits per heavy atom. The first kappa shape index (κ1) is 19.7. The van der Waals surface area contributed by atoms with E-state index in [0.717, 1.165) is 5.56 Å². The zero-order valence-corrected chi connectivity index (χ0v) is 15.5. The maximum absolute atomic E-state index is 12.3. The van der Waals surface area contributed by atoms with Gasteiger partial charge in [0, 0.05) is 12.5 Å². The molecule has 1 aromatic carbocycles. The number of rotatable bonds is 7. The number of aromatic nitrogens is 2. The van der Waals surface area contributed by atoms with Crippen LogP contribution < -0.4 is 10.1 Å². The third kappa shape index (κ3) is 4.70. The molecule has 1 aromatic heterocycles. The second-order valence-electron chi connectivity index (χ2n) is 5.92. The Bertz CT molecular complexity index is 824. The lowest BCUT2D eigenvalue weighted by molar-refractivity contribution is 0.0696. The number of methoxy groups -OCH3 is 1. The molecule has 138 valence electrons. The Balaban J connectivity index is 2.05. The molecule has 2 rings (SSSR count). The fourth-order valence-corrected chi connectivity index (χ4v) is 2.47. The Morgan fingerprint density at radius 3 is 2.69 bits per heavy atom. The van der Waals surface area contributed by atoms with Gasteiger partial charge >= 0.3 is 5.97 Å². The molecule has 7 nitrogen and oxygen atoms in total. The molecule has 0 radical (unpaired) electrons. The van der Waals surface area contributed by atoms with Crippen molar-refractivity contribution >= 4 is 23.5 Å². The number of nitrogens with one attached hydrogen (secondary N) is 1. The molecular weight excluding hydrogens is 358 g/mol. The lowest BCUT2D eigenvalue weighted by atomic mass is 10.1.